The number of Topliss-reactive ketones (excluding diaryl/α,β-unsaturated/α-hetero) is 1. The molecule has 3 nitrogen and oxygen atoms in total. The standard InChI is InChI=1S/C13H12O3/c1-2-7-16-13(15)11-8-9-5-3-4-6-10(9)12(11)14/h2-6,11H,1,7-8H2. The molecule has 1 aromatic rings. The Labute approximate surface area is 93.7 Å². The lowest BCUT2D eigenvalue weighted by Crippen LogP contribution is -2.23. The van der Waals surface area contributed by atoms with E-state index in [0.717, 1.165) is 5.56 Å². The second-order valence-electron chi connectivity index (χ2n) is 3.70. The van der Waals surface area contributed by atoms with E-state index < -0.39 is 11.9 Å². The number of esters is 1. The molecule has 1 aliphatic rings. The molecule has 0 fully saturated rings. The monoisotopic (exact) mass is 216 g/mol. The maximum Gasteiger partial charge on any atom is 0.317 e. The third-order valence-corrected chi connectivity index (χ3v) is 2.65. The normalized spacial score (nSPS) is 18.0. The SMILES string of the molecule is C=CCOC(=O)C1Cc2ccccc2C1=O. The Morgan fingerprint density at radius 1 is 1.50 bits per heavy atom. The number of carbonyl (C=O) groups is 2. The van der Waals surface area contributed by atoms with Gasteiger partial charge in [-0.3, -0.25) is 9.59 Å². The van der Waals surface area contributed by atoms with Gasteiger partial charge in [0.05, 0.1) is 0 Å². The van der Waals surface area contributed by atoms with Crippen LogP contribution in [0.5, 0.6) is 0 Å². The summed E-state index contributed by atoms with van der Waals surface area (Å²) in [6.45, 7) is 3.61. The number of rotatable bonds is 3. The fourth-order valence-corrected chi connectivity index (χ4v) is 1.87. The summed E-state index contributed by atoms with van der Waals surface area (Å²) in [5.41, 5.74) is 1.57. The van der Waals surface area contributed by atoms with Gasteiger partial charge in [-0.2, -0.15) is 0 Å². The predicted octanol–water partition coefficient (Wildman–Crippen LogP) is 1.77. The first-order valence-corrected chi connectivity index (χ1v) is 5.13. The summed E-state index contributed by atoms with van der Waals surface area (Å²) in [4.78, 5) is 23.5. The molecular weight excluding hydrogens is 204 g/mol. The highest BCUT2D eigenvalue weighted by Crippen LogP contribution is 2.27. The fourth-order valence-electron chi connectivity index (χ4n) is 1.87. The molecule has 0 bridgehead atoms. The number of hydrogen-bond acceptors (Lipinski definition) is 3. The summed E-state index contributed by atoms with van der Waals surface area (Å²) in [5.74, 6) is -1.26. The van der Waals surface area contributed by atoms with Crippen LogP contribution in [0.25, 0.3) is 0 Å². The zero-order valence-corrected chi connectivity index (χ0v) is 8.81. The number of ether oxygens (including phenoxy) is 1. The van der Waals surface area contributed by atoms with E-state index in [1.54, 1.807) is 12.1 Å². The van der Waals surface area contributed by atoms with Gasteiger partial charge < -0.3 is 4.74 Å². The van der Waals surface area contributed by atoms with E-state index >= 15 is 0 Å². The van der Waals surface area contributed by atoms with Gasteiger partial charge in [0.25, 0.3) is 0 Å². The molecule has 0 saturated heterocycles. The number of hydrogen-bond donors (Lipinski definition) is 0. The first-order valence-electron chi connectivity index (χ1n) is 5.13. The molecule has 16 heavy (non-hydrogen) atoms. The minimum atomic E-state index is -0.669. The smallest absolute Gasteiger partial charge is 0.317 e. The number of fused-ring (bicyclic) bond motifs is 1. The first kappa shape index (κ1) is 10.6. The molecule has 0 aliphatic heterocycles. The molecule has 0 saturated carbocycles. The summed E-state index contributed by atoms with van der Waals surface area (Å²) < 4.78 is 4.90. The average molecular weight is 216 g/mol. The van der Waals surface area contributed by atoms with Gasteiger partial charge >= 0.3 is 5.97 Å². The third-order valence-electron chi connectivity index (χ3n) is 2.65. The molecule has 0 amide bonds. The second kappa shape index (κ2) is 4.31. The molecule has 2 rings (SSSR count). The molecule has 0 aromatic heterocycles. The highest BCUT2D eigenvalue weighted by atomic mass is 16.5. The van der Waals surface area contributed by atoms with Crippen molar-refractivity contribution < 1.29 is 14.3 Å². The van der Waals surface area contributed by atoms with Crippen LogP contribution in [0.15, 0.2) is 36.9 Å². The molecule has 3 heteroatoms. The van der Waals surface area contributed by atoms with Gasteiger partial charge in [-0.15, -0.1) is 0 Å². The molecule has 0 N–H and O–H groups in total. The van der Waals surface area contributed by atoms with Crippen LogP contribution in [-0.4, -0.2) is 18.4 Å². The van der Waals surface area contributed by atoms with E-state index in [1.165, 1.54) is 6.08 Å². The van der Waals surface area contributed by atoms with E-state index in [2.05, 4.69) is 6.58 Å². The number of benzene rings is 1. The van der Waals surface area contributed by atoms with E-state index in [4.69, 9.17) is 4.74 Å². The molecule has 0 spiro atoms. The Bertz CT molecular complexity index is 448. The van der Waals surface area contributed by atoms with Crippen molar-refractivity contribution in [3.05, 3.63) is 48.0 Å². The Balaban J connectivity index is 2.15. The van der Waals surface area contributed by atoms with Gasteiger partial charge in [-0.25, -0.2) is 0 Å². The van der Waals surface area contributed by atoms with Gasteiger partial charge in [0.15, 0.2) is 5.78 Å². The van der Waals surface area contributed by atoms with Gasteiger partial charge in [-0.05, 0) is 12.0 Å². The Morgan fingerprint density at radius 2 is 2.25 bits per heavy atom. The van der Waals surface area contributed by atoms with Crippen molar-refractivity contribution in [1.29, 1.82) is 0 Å². The van der Waals surface area contributed by atoms with Crippen molar-refractivity contribution in [2.45, 2.75) is 6.42 Å². The lowest BCUT2D eigenvalue weighted by molar-refractivity contribution is -0.145. The van der Waals surface area contributed by atoms with Crippen LogP contribution >= 0.6 is 0 Å². The lowest BCUT2D eigenvalue weighted by atomic mass is 10.1. The third kappa shape index (κ3) is 1.76. The molecule has 1 unspecified atom stereocenters. The Morgan fingerprint density at radius 3 is 2.94 bits per heavy atom. The first-order chi connectivity index (χ1) is 7.74. The van der Waals surface area contributed by atoms with Crippen LogP contribution in [0.4, 0.5) is 0 Å². The maximum atomic E-state index is 11.9. The van der Waals surface area contributed by atoms with E-state index in [1.807, 2.05) is 12.1 Å². The van der Waals surface area contributed by atoms with E-state index in [-0.39, 0.29) is 12.4 Å². The molecule has 1 aromatic carbocycles. The Kier molecular flexibility index (Phi) is 2.86. The van der Waals surface area contributed by atoms with Gasteiger partial charge in [0.2, 0.25) is 0 Å². The van der Waals surface area contributed by atoms with Crippen LogP contribution in [0, 0.1) is 5.92 Å². The lowest BCUT2D eigenvalue weighted by Gasteiger charge is -2.06. The van der Waals surface area contributed by atoms with Gasteiger partial charge in [0.1, 0.15) is 12.5 Å². The summed E-state index contributed by atoms with van der Waals surface area (Å²) in [6.07, 6.45) is 1.94. The number of carbonyl (C=O) groups excluding carboxylic acids is 2. The maximum absolute atomic E-state index is 11.9. The molecule has 0 heterocycles. The second-order valence-corrected chi connectivity index (χ2v) is 3.70. The summed E-state index contributed by atoms with van der Waals surface area (Å²) in [6, 6.07) is 7.28. The quantitative estimate of drug-likeness (QED) is 0.439. The highest BCUT2D eigenvalue weighted by molar-refractivity contribution is 6.12. The zero-order valence-electron chi connectivity index (χ0n) is 8.81. The van der Waals surface area contributed by atoms with Crippen LogP contribution in [-0.2, 0) is 16.0 Å². The fraction of sp³-hybridized carbons (Fsp3) is 0.231. The molecule has 0 radical (unpaired) electrons. The van der Waals surface area contributed by atoms with Gasteiger partial charge in [0, 0.05) is 5.56 Å². The van der Waals surface area contributed by atoms with E-state index in [0.29, 0.717) is 12.0 Å². The highest BCUT2D eigenvalue weighted by Gasteiger charge is 2.36. The summed E-state index contributed by atoms with van der Waals surface area (Å²) in [5, 5.41) is 0. The summed E-state index contributed by atoms with van der Waals surface area (Å²) >= 11 is 0. The average Bonchev–Trinajstić information content (AvgIpc) is 2.64. The number of ketones is 1. The van der Waals surface area contributed by atoms with Crippen molar-refractivity contribution in [2.24, 2.45) is 5.92 Å². The summed E-state index contributed by atoms with van der Waals surface area (Å²) in [7, 11) is 0. The van der Waals surface area contributed by atoms with Gasteiger partial charge in [-0.1, -0.05) is 36.9 Å². The predicted molar refractivity (Wildman–Crippen MR) is 59.1 cm³/mol. The molecule has 1 atom stereocenters. The van der Waals surface area contributed by atoms with E-state index in [9.17, 15) is 9.59 Å². The van der Waals surface area contributed by atoms with Crippen LogP contribution in [0.3, 0.4) is 0 Å². The largest absolute Gasteiger partial charge is 0.461 e. The Hall–Kier alpha value is -1.90. The topological polar surface area (TPSA) is 43.4 Å². The molecule has 82 valence electrons. The van der Waals surface area contributed by atoms with Crippen molar-refractivity contribution in [1.82, 2.24) is 0 Å². The molecule has 1 aliphatic carbocycles. The molecular formula is C13H12O3. The zero-order chi connectivity index (χ0) is 11.5. The minimum absolute atomic E-state index is 0.135. The minimum Gasteiger partial charge on any atom is -0.461 e. The van der Waals surface area contributed by atoms with Crippen LogP contribution in [0.2, 0.25) is 0 Å². The van der Waals surface area contributed by atoms with Crippen LogP contribution in [0.1, 0.15) is 15.9 Å². The van der Waals surface area contributed by atoms with Crippen molar-refractivity contribution in [2.75, 3.05) is 6.61 Å². The van der Waals surface area contributed by atoms with Crippen molar-refractivity contribution in [3.8, 4) is 0 Å². The van der Waals surface area contributed by atoms with Crippen molar-refractivity contribution >= 4 is 11.8 Å². The van der Waals surface area contributed by atoms with Crippen molar-refractivity contribution in [3.63, 3.8) is 0 Å². The van der Waals surface area contributed by atoms with Crippen LogP contribution < -0.4 is 0 Å².